The van der Waals surface area contributed by atoms with E-state index in [1.807, 2.05) is 12.1 Å². The maximum absolute atomic E-state index is 12.8. The second-order valence-electron chi connectivity index (χ2n) is 8.15. The molecular weight excluding hydrogens is 424 g/mol. The predicted octanol–water partition coefficient (Wildman–Crippen LogP) is 0.941. The van der Waals surface area contributed by atoms with Crippen molar-refractivity contribution in [3.8, 4) is 0 Å². The molecule has 170 valence electrons. The smallest absolute Gasteiger partial charge is 0.255 e. The first-order chi connectivity index (χ1) is 15.8. The summed E-state index contributed by atoms with van der Waals surface area (Å²) in [6.45, 7) is 1.83. The number of hydrogen-bond acceptors (Lipinski definition) is 5. The average Bonchev–Trinajstić information content (AvgIpc) is 3.12. The third-order valence-corrected chi connectivity index (χ3v) is 5.80. The largest absolute Gasteiger partial charge is 0.350 e. The van der Waals surface area contributed by atoms with Crippen LogP contribution in [0.2, 0.25) is 0 Å². The second-order valence-corrected chi connectivity index (χ2v) is 8.15. The predicted molar refractivity (Wildman–Crippen MR) is 117 cm³/mol. The van der Waals surface area contributed by atoms with Crippen LogP contribution in [0.5, 0.6) is 0 Å². The summed E-state index contributed by atoms with van der Waals surface area (Å²) < 4.78 is 0. The Morgan fingerprint density at radius 3 is 2.58 bits per heavy atom. The molecule has 0 aromatic heterocycles. The van der Waals surface area contributed by atoms with Gasteiger partial charge in [0.05, 0.1) is 0 Å². The number of amides is 5. The Morgan fingerprint density at radius 2 is 1.88 bits per heavy atom. The molecule has 1 unspecified atom stereocenters. The quantitative estimate of drug-likeness (QED) is 0.568. The van der Waals surface area contributed by atoms with E-state index in [0.29, 0.717) is 17.5 Å². The number of fused-ring (bicyclic) bond motifs is 1. The molecule has 2 heterocycles. The van der Waals surface area contributed by atoms with Crippen LogP contribution in [0.4, 0.5) is 0 Å². The zero-order valence-electron chi connectivity index (χ0n) is 18.1. The van der Waals surface area contributed by atoms with E-state index in [4.69, 9.17) is 0 Å². The summed E-state index contributed by atoms with van der Waals surface area (Å²) in [5.41, 5.74) is 2.73. The Balaban J connectivity index is 1.43. The fourth-order valence-corrected chi connectivity index (χ4v) is 4.18. The van der Waals surface area contributed by atoms with Crippen LogP contribution in [0, 0.1) is 0 Å². The molecule has 2 aliphatic heterocycles. The first kappa shape index (κ1) is 22.2. The maximum atomic E-state index is 12.8. The number of imide groups is 1. The molecule has 1 saturated heterocycles. The van der Waals surface area contributed by atoms with Crippen LogP contribution in [-0.2, 0) is 32.3 Å². The summed E-state index contributed by atoms with van der Waals surface area (Å²) in [6.07, 6.45) is 0.502. The number of nitrogens with one attached hydrogen (secondary N) is 3. The summed E-state index contributed by atoms with van der Waals surface area (Å²) in [5.74, 6) is -1.69. The van der Waals surface area contributed by atoms with E-state index in [1.165, 1.54) is 11.8 Å². The van der Waals surface area contributed by atoms with Crippen molar-refractivity contribution in [1.29, 1.82) is 0 Å². The van der Waals surface area contributed by atoms with E-state index in [2.05, 4.69) is 16.0 Å². The van der Waals surface area contributed by atoms with Gasteiger partial charge in [0.25, 0.3) is 5.91 Å². The minimum Gasteiger partial charge on any atom is -0.350 e. The Kier molecular flexibility index (Phi) is 6.21. The zero-order chi connectivity index (χ0) is 23.5. The molecule has 2 aromatic carbocycles. The van der Waals surface area contributed by atoms with Gasteiger partial charge in [-0.2, -0.15) is 0 Å². The SMILES string of the molecule is CC(=O)N[C@H](C(=O)NCc1ccc2c(c1)CN(C1CCC(=O)NC1=O)C2=O)c1ccccc1. The van der Waals surface area contributed by atoms with Crippen molar-refractivity contribution in [2.45, 2.75) is 44.9 Å². The summed E-state index contributed by atoms with van der Waals surface area (Å²) in [6, 6.07) is 12.7. The molecule has 33 heavy (non-hydrogen) atoms. The molecule has 0 spiro atoms. The fraction of sp³-hybridized carbons (Fsp3) is 0.292. The van der Waals surface area contributed by atoms with Crippen LogP contribution in [-0.4, -0.2) is 40.5 Å². The van der Waals surface area contributed by atoms with Crippen LogP contribution in [0.1, 0.15) is 52.9 Å². The van der Waals surface area contributed by atoms with Crippen LogP contribution in [0.3, 0.4) is 0 Å². The van der Waals surface area contributed by atoms with E-state index in [0.717, 1.165) is 11.1 Å². The number of hydrogen-bond donors (Lipinski definition) is 3. The molecule has 1 fully saturated rings. The van der Waals surface area contributed by atoms with Crippen LogP contribution in [0.25, 0.3) is 0 Å². The minimum absolute atomic E-state index is 0.199. The minimum atomic E-state index is -0.817. The van der Waals surface area contributed by atoms with Gasteiger partial charge in [-0.1, -0.05) is 42.5 Å². The monoisotopic (exact) mass is 448 g/mol. The van der Waals surface area contributed by atoms with Crippen molar-refractivity contribution in [1.82, 2.24) is 20.9 Å². The van der Waals surface area contributed by atoms with Crippen LogP contribution in [0.15, 0.2) is 48.5 Å². The molecule has 2 atom stereocenters. The van der Waals surface area contributed by atoms with Gasteiger partial charge in [0.15, 0.2) is 0 Å². The van der Waals surface area contributed by atoms with Gasteiger partial charge in [-0.05, 0) is 29.2 Å². The molecule has 2 aromatic rings. The molecule has 9 heteroatoms. The van der Waals surface area contributed by atoms with Gasteiger partial charge in [-0.3, -0.25) is 29.3 Å². The van der Waals surface area contributed by atoms with Gasteiger partial charge in [0.2, 0.25) is 23.6 Å². The molecule has 0 bridgehead atoms. The summed E-state index contributed by atoms with van der Waals surface area (Å²) >= 11 is 0. The fourth-order valence-electron chi connectivity index (χ4n) is 4.18. The van der Waals surface area contributed by atoms with E-state index in [9.17, 15) is 24.0 Å². The molecule has 0 saturated carbocycles. The second kappa shape index (κ2) is 9.23. The maximum Gasteiger partial charge on any atom is 0.255 e. The van der Waals surface area contributed by atoms with Gasteiger partial charge in [-0.15, -0.1) is 0 Å². The summed E-state index contributed by atoms with van der Waals surface area (Å²) in [4.78, 5) is 62.3. The lowest BCUT2D eigenvalue weighted by atomic mass is 10.0. The van der Waals surface area contributed by atoms with Crippen LogP contribution >= 0.6 is 0 Å². The first-order valence-corrected chi connectivity index (χ1v) is 10.7. The number of benzene rings is 2. The standard InChI is InChI=1S/C24H24N4O5/c1-14(29)26-21(16-5-3-2-4-6-16)23(32)25-12-15-7-8-18-17(11-15)13-28(24(18)33)19-9-10-20(30)27-22(19)31/h2-8,11,19,21H,9-10,12-13H2,1H3,(H,25,32)(H,26,29)(H,27,30,31)/t19?,21-/m0/s1. The third kappa shape index (κ3) is 4.77. The number of rotatable bonds is 6. The van der Waals surface area contributed by atoms with Crippen molar-refractivity contribution in [2.75, 3.05) is 0 Å². The summed E-state index contributed by atoms with van der Waals surface area (Å²) in [5, 5.41) is 7.79. The molecule has 4 rings (SSSR count). The highest BCUT2D eigenvalue weighted by Crippen LogP contribution is 2.28. The molecular formula is C24H24N4O5. The number of piperidine rings is 1. The lowest BCUT2D eigenvalue weighted by Gasteiger charge is -2.29. The normalized spacial score (nSPS) is 18.4. The van der Waals surface area contributed by atoms with Gasteiger partial charge >= 0.3 is 0 Å². The lowest BCUT2D eigenvalue weighted by molar-refractivity contribution is -0.137. The highest BCUT2D eigenvalue weighted by atomic mass is 16.2. The number of carbonyl (C=O) groups is 5. The highest BCUT2D eigenvalue weighted by molar-refractivity contribution is 6.05. The highest BCUT2D eigenvalue weighted by Gasteiger charge is 2.39. The van der Waals surface area contributed by atoms with Crippen molar-refractivity contribution in [3.05, 3.63) is 70.8 Å². The van der Waals surface area contributed by atoms with Crippen molar-refractivity contribution in [3.63, 3.8) is 0 Å². The number of nitrogens with zero attached hydrogens (tertiary/aromatic N) is 1. The lowest BCUT2D eigenvalue weighted by Crippen LogP contribution is -2.52. The molecule has 3 N–H and O–H groups in total. The van der Waals surface area contributed by atoms with E-state index >= 15 is 0 Å². The Labute approximate surface area is 190 Å². The van der Waals surface area contributed by atoms with Crippen molar-refractivity contribution in [2.24, 2.45) is 0 Å². The van der Waals surface area contributed by atoms with Crippen molar-refractivity contribution >= 4 is 29.5 Å². The Morgan fingerprint density at radius 1 is 1.12 bits per heavy atom. The zero-order valence-corrected chi connectivity index (χ0v) is 18.1. The first-order valence-electron chi connectivity index (χ1n) is 10.7. The topological polar surface area (TPSA) is 125 Å². The van der Waals surface area contributed by atoms with Crippen molar-refractivity contribution < 1.29 is 24.0 Å². The molecule has 5 amide bonds. The van der Waals surface area contributed by atoms with Crippen LogP contribution < -0.4 is 16.0 Å². The van der Waals surface area contributed by atoms with E-state index in [-0.39, 0.29) is 43.1 Å². The van der Waals surface area contributed by atoms with E-state index in [1.54, 1.807) is 36.4 Å². The number of carbonyl (C=O) groups excluding carboxylic acids is 5. The molecule has 9 nitrogen and oxygen atoms in total. The Hall–Kier alpha value is -4.01. The van der Waals surface area contributed by atoms with Gasteiger partial charge in [0.1, 0.15) is 12.1 Å². The van der Waals surface area contributed by atoms with Gasteiger partial charge < -0.3 is 15.5 Å². The Bertz CT molecular complexity index is 1130. The third-order valence-electron chi connectivity index (χ3n) is 5.80. The molecule has 0 radical (unpaired) electrons. The van der Waals surface area contributed by atoms with Gasteiger partial charge in [0, 0.05) is 32.0 Å². The molecule has 0 aliphatic carbocycles. The molecule has 2 aliphatic rings. The van der Waals surface area contributed by atoms with E-state index < -0.39 is 18.0 Å². The summed E-state index contributed by atoms with van der Waals surface area (Å²) in [7, 11) is 0. The van der Waals surface area contributed by atoms with Gasteiger partial charge in [-0.25, -0.2) is 0 Å². The average molecular weight is 448 g/mol.